The van der Waals surface area contributed by atoms with Gasteiger partial charge in [-0.3, -0.25) is 0 Å². The number of rotatable bonds is 3. The highest BCUT2D eigenvalue weighted by Gasteiger charge is 2.13. The zero-order valence-electron chi connectivity index (χ0n) is 9.52. The van der Waals surface area contributed by atoms with Gasteiger partial charge < -0.3 is 5.73 Å². The van der Waals surface area contributed by atoms with E-state index in [4.69, 9.17) is 5.73 Å². The molecule has 0 heterocycles. The van der Waals surface area contributed by atoms with Crippen molar-refractivity contribution < 1.29 is 8.42 Å². The number of nitrogens with two attached hydrogens (primary N) is 1. The molecular weight excluding hydrogens is 248 g/mol. The highest BCUT2D eigenvalue weighted by atomic mass is 32.2. The van der Waals surface area contributed by atoms with Crippen molar-refractivity contribution in [2.45, 2.75) is 4.90 Å². The Morgan fingerprint density at radius 3 is 1.94 bits per heavy atom. The Morgan fingerprint density at radius 2 is 1.39 bits per heavy atom. The van der Waals surface area contributed by atoms with Crippen LogP contribution in [-0.4, -0.2) is 14.3 Å². The second-order valence-corrected chi connectivity index (χ2v) is 5.23. The van der Waals surface area contributed by atoms with Gasteiger partial charge in [0, 0.05) is 5.56 Å². The number of amidine groups is 1. The summed E-state index contributed by atoms with van der Waals surface area (Å²) in [5.41, 5.74) is 6.27. The zero-order chi connectivity index (χ0) is 13.0. The Hall–Kier alpha value is -2.14. The molecule has 0 aliphatic rings. The molecule has 18 heavy (non-hydrogen) atoms. The SMILES string of the molecule is NC(=NS(=O)(=O)c1ccccc1)c1ccccc1. The van der Waals surface area contributed by atoms with Crippen LogP contribution in [0.3, 0.4) is 0 Å². The first-order chi connectivity index (χ1) is 8.59. The minimum Gasteiger partial charge on any atom is -0.383 e. The summed E-state index contributed by atoms with van der Waals surface area (Å²) >= 11 is 0. The van der Waals surface area contributed by atoms with Gasteiger partial charge in [0.2, 0.25) is 0 Å². The second-order valence-electron chi connectivity index (χ2n) is 3.63. The minimum atomic E-state index is -3.74. The normalized spacial score (nSPS) is 12.3. The fourth-order valence-corrected chi connectivity index (χ4v) is 2.41. The topological polar surface area (TPSA) is 72.5 Å². The van der Waals surface area contributed by atoms with Crippen LogP contribution in [0.5, 0.6) is 0 Å². The molecule has 0 amide bonds. The summed E-state index contributed by atoms with van der Waals surface area (Å²) in [4.78, 5) is 0.129. The van der Waals surface area contributed by atoms with Crippen molar-refractivity contribution in [2.24, 2.45) is 10.1 Å². The minimum absolute atomic E-state index is 0.0144. The van der Waals surface area contributed by atoms with Crippen LogP contribution < -0.4 is 5.73 Å². The smallest absolute Gasteiger partial charge is 0.284 e. The van der Waals surface area contributed by atoms with Gasteiger partial charge in [-0.15, -0.1) is 4.40 Å². The van der Waals surface area contributed by atoms with Gasteiger partial charge in [0.1, 0.15) is 5.84 Å². The predicted molar refractivity (Wildman–Crippen MR) is 70.8 cm³/mol. The number of sulfonamides is 1. The maximum atomic E-state index is 11.9. The molecule has 0 radical (unpaired) electrons. The van der Waals surface area contributed by atoms with Crippen LogP contribution in [0.1, 0.15) is 5.56 Å². The molecular formula is C13H12N2O2S. The lowest BCUT2D eigenvalue weighted by atomic mass is 10.2. The number of hydrogen-bond acceptors (Lipinski definition) is 2. The van der Waals surface area contributed by atoms with Crippen molar-refractivity contribution in [2.75, 3.05) is 0 Å². The Balaban J connectivity index is 2.39. The highest BCUT2D eigenvalue weighted by molar-refractivity contribution is 7.90. The van der Waals surface area contributed by atoms with Crippen molar-refractivity contribution >= 4 is 15.9 Å². The summed E-state index contributed by atoms with van der Waals surface area (Å²) in [6.07, 6.45) is 0. The number of nitrogens with zero attached hydrogens (tertiary/aromatic N) is 1. The van der Waals surface area contributed by atoms with Crippen LogP contribution in [-0.2, 0) is 10.0 Å². The van der Waals surface area contributed by atoms with Gasteiger partial charge in [-0.05, 0) is 12.1 Å². The molecule has 2 N–H and O–H groups in total. The first-order valence-corrected chi connectivity index (χ1v) is 6.74. The molecule has 0 aliphatic carbocycles. The van der Waals surface area contributed by atoms with Crippen molar-refractivity contribution in [1.82, 2.24) is 0 Å². The molecule has 0 aliphatic heterocycles. The third-order valence-electron chi connectivity index (χ3n) is 2.33. The molecule has 0 bridgehead atoms. The highest BCUT2D eigenvalue weighted by Crippen LogP contribution is 2.12. The van der Waals surface area contributed by atoms with Crippen molar-refractivity contribution in [3.05, 3.63) is 66.2 Å². The van der Waals surface area contributed by atoms with E-state index in [9.17, 15) is 8.42 Å². The maximum Gasteiger partial charge on any atom is 0.284 e. The fraction of sp³-hybridized carbons (Fsp3) is 0. The van der Waals surface area contributed by atoms with Crippen LogP contribution in [0.2, 0.25) is 0 Å². The van der Waals surface area contributed by atoms with Crippen LogP contribution >= 0.6 is 0 Å². The van der Waals surface area contributed by atoms with Gasteiger partial charge in [0.25, 0.3) is 10.0 Å². The first-order valence-electron chi connectivity index (χ1n) is 5.30. The van der Waals surface area contributed by atoms with Gasteiger partial charge in [-0.1, -0.05) is 48.5 Å². The largest absolute Gasteiger partial charge is 0.383 e. The Labute approximate surface area is 106 Å². The van der Waals surface area contributed by atoms with Crippen LogP contribution in [0.15, 0.2) is 70.0 Å². The van der Waals surface area contributed by atoms with Gasteiger partial charge in [0.15, 0.2) is 0 Å². The number of benzene rings is 2. The first kappa shape index (κ1) is 12.3. The zero-order valence-corrected chi connectivity index (χ0v) is 10.3. The molecule has 4 nitrogen and oxygen atoms in total. The summed E-state index contributed by atoms with van der Waals surface area (Å²) < 4.78 is 27.5. The molecule has 2 aromatic rings. The standard InChI is InChI=1S/C13H12N2O2S/c14-13(11-7-3-1-4-8-11)15-18(16,17)12-9-5-2-6-10-12/h1-10H,(H2,14,15). The van der Waals surface area contributed by atoms with Gasteiger partial charge in [0.05, 0.1) is 4.90 Å². The average molecular weight is 260 g/mol. The van der Waals surface area contributed by atoms with E-state index in [0.717, 1.165) is 0 Å². The molecule has 0 spiro atoms. The quantitative estimate of drug-likeness (QED) is 0.675. The van der Waals surface area contributed by atoms with Crippen LogP contribution in [0.4, 0.5) is 0 Å². The summed E-state index contributed by atoms with van der Waals surface area (Å²) in [6.45, 7) is 0. The summed E-state index contributed by atoms with van der Waals surface area (Å²) in [7, 11) is -3.74. The van der Waals surface area contributed by atoms with Gasteiger partial charge in [-0.2, -0.15) is 8.42 Å². The lowest BCUT2D eigenvalue weighted by Crippen LogP contribution is -2.15. The van der Waals surface area contributed by atoms with Crippen molar-refractivity contribution in [1.29, 1.82) is 0 Å². The molecule has 0 atom stereocenters. The Bertz CT molecular complexity index is 650. The molecule has 2 rings (SSSR count). The molecule has 0 saturated heterocycles. The fourth-order valence-electron chi connectivity index (χ4n) is 1.44. The molecule has 0 fully saturated rings. The summed E-state index contributed by atoms with van der Waals surface area (Å²) in [6, 6.07) is 16.8. The third-order valence-corrected chi connectivity index (χ3v) is 3.63. The lowest BCUT2D eigenvalue weighted by Gasteiger charge is -2.02. The molecule has 2 aromatic carbocycles. The maximum absolute atomic E-state index is 11.9. The van der Waals surface area contributed by atoms with E-state index in [0.29, 0.717) is 5.56 Å². The predicted octanol–water partition coefficient (Wildman–Crippen LogP) is 1.78. The van der Waals surface area contributed by atoms with E-state index in [2.05, 4.69) is 4.40 Å². The van der Waals surface area contributed by atoms with Crippen LogP contribution in [0.25, 0.3) is 0 Å². The lowest BCUT2D eigenvalue weighted by molar-refractivity contribution is 0.598. The summed E-state index contributed by atoms with van der Waals surface area (Å²) in [5.74, 6) is -0.0144. The summed E-state index contributed by atoms with van der Waals surface area (Å²) in [5, 5.41) is 0. The Morgan fingerprint density at radius 1 is 0.889 bits per heavy atom. The van der Waals surface area contributed by atoms with Crippen molar-refractivity contribution in [3.63, 3.8) is 0 Å². The van der Waals surface area contributed by atoms with Gasteiger partial charge in [-0.25, -0.2) is 0 Å². The molecule has 0 aromatic heterocycles. The van der Waals surface area contributed by atoms with E-state index >= 15 is 0 Å². The average Bonchev–Trinajstić information content (AvgIpc) is 2.40. The molecule has 5 heteroatoms. The molecule has 92 valence electrons. The third kappa shape index (κ3) is 2.75. The number of hydrogen-bond donors (Lipinski definition) is 1. The Kier molecular flexibility index (Phi) is 3.43. The van der Waals surface area contributed by atoms with Crippen LogP contribution in [0, 0.1) is 0 Å². The monoisotopic (exact) mass is 260 g/mol. The molecule has 0 saturated carbocycles. The second kappa shape index (κ2) is 5.01. The van der Waals surface area contributed by atoms with E-state index in [1.54, 1.807) is 42.5 Å². The van der Waals surface area contributed by atoms with E-state index in [1.807, 2.05) is 6.07 Å². The molecule has 0 unspecified atom stereocenters. The van der Waals surface area contributed by atoms with E-state index < -0.39 is 10.0 Å². The van der Waals surface area contributed by atoms with Crippen molar-refractivity contribution in [3.8, 4) is 0 Å². The van der Waals surface area contributed by atoms with E-state index in [-0.39, 0.29) is 10.7 Å². The van der Waals surface area contributed by atoms with Gasteiger partial charge >= 0.3 is 0 Å². The van der Waals surface area contributed by atoms with E-state index in [1.165, 1.54) is 12.1 Å².